The van der Waals surface area contributed by atoms with Gasteiger partial charge in [0.1, 0.15) is 5.69 Å². The van der Waals surface area contributed by atoms with Gasteiger partial charge in [0.2, 0.25) is 5.91 Å². The summed E-state index contributed by atoms with van der Waals surface area (Å²) in [5, 5.41) is 2.79. The Bertz CT molecular complexity index is 948. The van der Waals surface area contributed by atoms with Gasteiger partial charge < -0.3 is 10.2 Å². The lowest BCUT2D eigenvalue weighted by Gasteiger charge is -2.25. The lowest BCUT2D eigenvalue weighted by molar-refractivity contribution is -0.114. The van der Waals surface area contributed by atoms with Gasteiger partial charge >= 0.3 is 0 Å². The zero-order valence-corrected chi connectivity index (χ0v) is 15.9. The smallest absolute Gasteiger partial charge is 0.221 e. The first-order valence-electron chi connectivity index (χ1n) is 8.75. The van der Waals surface area contributed by atoms with Gasteiger partial charge in [-0.1, -0.05) is 24.3 Å². The predicted octanol–water partition coefficient (Wildman–Crippen LogP) is 4.41. The number of para-hydroxylation sites is 1. The summed E-state index contributed by atoms with van der Waals surface area (Å²) < 4.78 is 0. The van der Waals surface area contributed by atoms with Crippen molar-refractivity contribution in [3.8, 4) is 11.3 Å². The molecule has 0 saturated heterocycles. The molecule has 0 spiro atoms. The molecule has 5 heteroatoms. The van der Waals surface area contributed by atoms with Crippen LogP contribution in [0.3, 0.4) is 0 Å². The predicted molar refractivity (Wildman–Crippen MR) is 108 cm³/mol. The van der Waals surface area contributed by atoms with E-state index in [9.17, 15) is 4.79 Å². The van der Waals surface area contributed by atoms with Crippen LogP contribution in [0.5, 0.6) is 0 Å². The van der Waals surface area contributed by atoms with Crippen LogP contribution in [-0.4, -0.2) is 29.0 Å². The van der Waals surface area contributed by atoms with Crippen LogP contribution in [0.2, 0.25) is 0 Å². The highest BCUT2D eigenvalue weighted by Gasteiger charge is 2.17. The number of hydrogen-bond acceptors (Lipinski definition) is 4. The molecule has 1 aromatic heterocycles. The van der Waals surface area contributed by atoms with E-state index in [2.05, 4.69) is 37.1 Å². The van der Waals surface area contributed by atoms with E-state index in [0.717, 1.165) is 39.4 Å². The number of carbonyl (C=O) groups excluding carboxylic acids is 1. The molecule has 1 heterocycles. The monoisotopic (exact) mass is 348 g/mol. The third-order valence-corrected chi connectivity index (χ3v) is 4.47. The zero-order valence-electron chi connectivity index (χ0n) is 15.9. The van der Waals surface area contributed by atoms with Gasteiger partial charge in [0.05, 0.1) is 11.0 Å². The molecule has 1 N–H and O–H groups in total. The van der Waals surface area contributed by atoms with Crippen LogP contribution in [0.25, 0.3) is 22.3 Å². The molecule has 0 aliphatic rings. The minimum atomic E-state index is -0.0843. The van der Waals surface area contributed by atoms with Crippen molar-refractivity contribution < 1.29 is 4.79 Å². The lowest BCUT2D eigenvalue weighted by Crippen LogP contribution is -2.27. The number of fused-ring (bicyclic) bond motifs is 1. The van der Waals surface area contributed by atoms with Crippen molar-refractivity contribution in [2.45, 2.75) is 33.7 Å². The number of anilines is 2. The number of hydrogen-bond donors (Lipinski definition) is 1. The van der Waals surface area contributed by atoms with Gasteiger partial charge in [0.25, 0.3) is 0 Å². The summed E-state index contributed by atoms with van der Waals surface area (Å²) in [5.41, 5.74) is 5.50. The molecule has 3 rings (SSSR count). The van der Waals surface area contributed by atoms with E-state index in [1.165, 1.54) is 6.92 Å². The molecule has 0 saturated carbocycles. The highest BCUT2D eigenvalue weighted by molar-refractivity contribution is 5.89. The van der Waals surface area contributed by atoms with E-state index in [1.54, 1.807) is 0 Å². The second kappa shape index (κ2) is 7.12. The second-order valence-corrected chi connectivity index (χ2v) is 6.80. The van der Waals surface area contributed by atoms with Gasteiger partial charge in [-0.3, -0.25) is 4.79 Å². The Morgan fingerprint density at radius 3 is 2.38 bits per heavy atom. The van der Waals surface area contributed by atoms with Crippen molar-refractivity contribution in [1.82, 2.24) is 9.97 Å². The number of carbonyl (C=O) groups is 1. The van der Waals surface area contributed by atoms with Crippen molar-refractivity contribution in [3.63, 3.8) is 0 Å². The minimum Gasteiger partial charge on any atom is -0.355 e. The number of rotatable bonds is 4. The maximum atomic E-state index is 11.2. The van der Waals surface area contributed by atoms with E-state index < -0.39 is 0 Å². The molecular weight excluding hydrogens is 324 g/mol. The summed E-state index contributed by atoms with van der Waals surface area (Å²) in [6.07, 6.45) is 0. The van der Waals surface area contributed by atoms with Gasteiger partial charge in [-0.15, -0.1) is 0 Å². The minimum absolute atomic E-state index is 0.0843. The van der Waals surface area contributed by atoms with E-state index in [-0.39, 0.29) is 5.91 Å². The Labute approximate surface area is 154 Å². The molecule has 26 heavy (non-hydrogen) atoms. The van der Waals surface area contributed by atoms with Crippen LogP contribution in [-0.2, 0) is 4.79 Å². The molecule has 2 aromatic carbocycles. The molecule has 0 atom stereocenters. The van der Waals surface area contributed by atoms with Crippen molar-refractivity contribution in [2.75, 3.05) is 17.3 Å². The van der Waals surface area contributed by atoms with Gasteiger partial charge in [-0.2, -0.15) is 0 Å². The quantitative estimate of drug-likeness (QED) is 0.759. The van der Waals surface area contributed by atoms with E-state index in [4.69, 9.17) is 9.97 Å². The van der Waals surface area contributed by atoms with E-state index in [1.807, 2.05) is 43.4 Å². The molecular formula is C21H24N4O. The SMILES string of the molecule is CC(=O)Nc1ccc(-c2nc3cccc(C)c3nc2N(C)C(C)C)cc1. The number of nitrogens with one attached hydrogen (secondary N) is 1. The molecule has 5 nitrogen and oxygen atoms in total. The third kappa shape index (κ3) is 3.52. The molecule has 0 unspecified atom stereocenters. The van der Waals surface area contributed by atoms with Gasteiger partial charge in [-0.25, -0.2) is 9.97 Å². The molecule has 0 fully saturated rings. The molecule has 1 amide bonds. The summed E-state index contributed by atoms with van der Waals surface area (Å²) in [6.45, 7) is 7.82. The maximum Gasteiger partial charge on any atom is 0.221 e. The van der Waals surface area contributed by atoms with Crippen molar-refractivity contribution >= 4 is 28.4 Å². The number of aromatic nitrogens is 2. The second-order valence-electron chi connectivity index (χ2n) is 6.80. The van der Waals surface area contributed by atoms with Crippen LogP contribution in [0.1, 0.15) is 26.3 Å². The van der Waals surface area contributed by atoms with Crippen LogP contribution in [0, 0.1) is 6.92 Å². The Morgan fingerprint density at radius 2 is 1.77 bits per heavy atom. The van der Waals surface area contributed by atoms with Crippen LogP contribution in [0.15, 0.2) is 42.5 Å². The number of nitrogens with zero attached hydrogens (tertiary/aromatic N) is 3. The average Bonchev–Trinajstić information content (AvgIpc) is 2.60. The highest BCUT2D eigenvalue weighted by Crippen LogP contribution is 2.31. The van der Waals surface area contributed by atoms with Crippen LogP contribution in [0.4, 0.5) is 11.5 Å². The largest absolute Gasteiger partial charge is 0.355 e. The van der Waals surface area contributed by atoms with Crippen molar-refractivity contribution in [3.05, 3.63) is 48.0 Å². The normalized spacial score (nSPS) is 11.0. The Hall–Kier alpha value is -2.95. The molecule has 0 radical (unpaired) electrons. The Balaban J connectivity index is 2.16. The number of benzene rings is 2. The Morgan fingerprint density at radius 1 is 1.08 bits per heavy atom. The first-order valence-corrected chi connectivity index (χ1v) is 8.75. The first-order chi connectivity index (χ1) is 12.4. The molecule has 134 valence electrons. The summed E-state index contributed by atoms with van der Waals surface area (Å²) in [6, 6.07) is 14.0. The maximum absolute atomic E-state index is 11.2. The van der Waals surface area contributed by atoms with E-state index >= 15 is 0 Å². The third-order valence-electron chi connectivity index (χ3n) is 4.47. The fraction of sp³-hybridized carbons (Fsp3) is 0.286. The highest BCUT2D eigenvalue weighted by atomic mass is 16.1. The zero-order chi connectivity index (χ0) is 18.8. The fourth-order valence-electron chi connectivity index (χ4n) is 2.81. The summed E-state index contributed by atoms with van der Waals surface area (Å²) in [5.74, 6) is 0.771. The topological polar surface area (TPSA) is 58.1 Å². The standard InChI is InChI=1S/C21H24N4O/c1-13(2)25(5)21-20(16-9-11-17(12-10-16)22-15(4)26)23-18-8-6-7-14(3)19(18)24-21/h6-13H,1-5H3,(H,22,26). The van der Waals surface area contributed by atoms with Crippen LogP contribution >= 0.6 is 0 Å². The Kier molecular flexibility index (Phi) is 4.89. The van der Waals surface area contributed by atoms with Gasteiger partial charge in [0.15, 0.2) is 5.82 Å². The summed E-state index contributed by atoms with van der Waals surface area (Å²) in [7, 11) is 2.04. The molecule has 0 aliphatic carbocycles. The van der Waals surface area contributed by atoms with Crippen LogP contribution < -0.4 is 10.2 Å². The van der Waals surface area contributed by atoms with Gasteiger partial charge in [-0.05, 0) is 44.5 Å². The summed E-state index contributed by atoms with van der Waals surface area (Å²) >= 11 is 0. The fourth-order valence-corrected chi connectivity index (χ4v) is 2.81. The molecule has 3 aromatic rings. The first kappa shape index (κ1) is 17.9. The van der Waals surface area contributed by atoms with Gasteiger partial charge in [0, 0.05) is 31.3 Å². The van der Waals surface area contributed by atoms with Crippen molar-refractivity contribution in [2.24, 2.45) is 0 Å². The summed E-state index contributed by atoms with van der Waals surface area (Å²) in [4.78, 5) is 23.2. The molecule has 0 bridgehead atoms. The number of aryl methyl sites for hydroxylation is 1. The number of amides is 1. The lowest BCUT2D eigenvalue weighted by atomic mass is 10.1. The average molecular weight is 348 g/mol. The van der Waals surface area contributed by atoms with E-state index in [0.29, 0.717) is 6.04 Å². The van der Waals surface area contributed by atoms with Crippen molar-refractivity contribution in [1.29, 1.82) is 0 Å². The molecule has 0 aliphatic heterocycles.